The number of nitrogens with zero attached hydrogens (tertiary/aromatic N) is 2. The Hall–Kier alpha value is -1.92. The molecule has 2 aliphatic rings. The van der Waals surface area contributed by atoms with Crippen LogP contribution < -0.4 is 0 Å². The molecule has 2 heterocycles. The number of hydrogen-bond donors (Lipinski definition) is 0. The molecule has 5 nitrogen and oxygen atoms in total. The third kappa shape index (κ3) is 4.23. The summed E-state index contributed by atoms with van der Waals surface area (Å²) in [7, 11) is 0. The fourth-order valence-electron chi connectivity index (χ4n) is 4.34. The number of likely N-dealkylation sites (tertiary alicyclic amines) is 1. The Kier molecular flexibility index (Phi) is 5.97. The van der Waals surface area contributed by atoms with Crippen molar-refractivity contribution in [1.29, 1.82) is 0 Å². The van der Waals surface area contributed by atoms with Gasteiger partial charge >= 0.3 is 5.97 Å². The van der Waals surface area contributed by atoms with Crippen molar-refractivity contribution < 1.29 is 14.3 Å². The third-order valence-electron chi connectivity index (χ3n) is 5.68. The van der Waals surface area contributed by atoms with Crippen LogP contribution in [-0.4, -0.2) is 41.0 Å². The summed E-state index contributed by atoms with van der Waals surface area (Å²) in [5.41, 5.74) is 1.08. The summed E-state index contributed by atoms with van der Waals surface area (Å²) >= 11 is 7.37. The van der Waals surface area contributed by atoms with Crippen LogP contribution in [0.5, 0.6) is 0 Å². The van der Waals surface area contributed by atoms with Gasteiger partial charge in [-0.3, -0.25) is 4.79 Å². The van der Waals surface area contributed by atoms with Crippen molar-refractivity contribution in [3.05, 3.63) is 40.4 Å². The van der Waals surface area contributed by atoms with Crippen molar-refractivity contribution in [2.45, 2.75) is 44.6 Å². The number of carbonyl (C=O) groups excluding carboxylic acids is 2. The highest BCUT2D eigenvalue weighted by atomic mass is 35.5. The number of thiazole rings is 1. The second-order valence-electron chi connectivity index (χ2n) is 7.47. The van der Waals surface area contributed by atoms with Gasteiger partial charge in [0, 0.05) is 28.6 Å². The molecule has 28 heavy (non-hydrogen) atoms. The lowest BCUT2D eigenvalue weighted by Crippen LogP contribution is -2.50. The van der Waals surface area contributed by atoms with E-state index in [9.17, 15) is 9.59 Å². The highest BCUT2D eigenvalue weighted by molar-refractivity contribution is 7.13. The molecule has 2 atom stereocenters. The van der Waals surface area contributed by atoms with Crippen LogP contribution in [0.25, 0.3) is 10.6 Å². The van der Waals surface area contributed by atoms with E-state index in [2.05, 4.69) is 4.98 Å². The molecule has 4 rings (SSSR count). The monoisotopic (exact) mass is 418 g/mol. The summed E-state index contributed by atoms with van der Waals surface area (Å²) < 4.78 is 5.28. The molecule has 0 spiro atoms. The van der Waals surface area contributed by atoms with Crippen LogP contribution in [0.1, 0.15) is 49.0 Å². The van der Waals surface area contributed by atoms with Crippen LogP contribution in [0.4, 0.5) is 0 Å². The molecule has 1 amide bonds. The number of ether oxygens (including phenoxy) is 1. The Balaban J connectivity index is 1.36. The van der Waals surface area contributed by atoms with Crippen molar-refractivity contribution in [1.82, 2.24) is 9.88 Å². The number of aromatic nitrogens is 1. The maximum Gasteiger partial charge on any atom is 0.358 e. The van der Waals surface area contributed by atoms with Crippen molar-refractivity contribution in [3.63, 3.8) is 0 Å². The molecule has 0 bridgehead atoms. The first-order valence-electron chi connectivity index (χ1n) is 9.80. The van der Waals surface area contributed by atoms with Gasteiger partial charge in [-0.1, -0.05) is 36.6 Å². The zero-order chi connectivity index (χ0) is 19.5. The molecule has 1 saturated carbocycles. The van der Waals surface area contributed by atoms with Crippen molar-refractivity contribution in [2.24, 2.45) is 5.92 Å². The van der Waals surface area contributed by atoms with Crippen LogP contribution >= 0.6 is 22.9 Å². The normalized spacial score (nSPS) is 21.8. The quantitative estimate of drug-likeness (QED) is 0.669. The molecular weight excluding hydrogens is 396 g/mol. The number of hydrogen-bond acceptors (Lipinski definition) is 5. The number of benzene rings is 1. The highest BCUT2D eigenvalue weighted by Gasteiger charge is 2.35. The topological polar surface area (TPSA) is 59.5 Å². The minimum Gasteiger partial charge on any atom is -0.451 e. The minimum atomic E-state index is -0.560. The number of fused-ring (bicyclic) bond motifs is 1. The third-order valence-corrected chi connectivity index (χ3v) is 6.80. The van der Waals surface area contributed by atoms with Gasteiger partial charge in [-0.25, -0.2) is 9.78 Å². The summed E-state index contributed by atoms with van der Waals surface area (Å²) in [5, 5.41) is 2.97. The van der Waals surface area contributed by atoms with Crippen LogP contribution in [-0.2, 0) is 9.53 Å². The van der Waals surface area contributed by atoms with E-state index in [0.717, 1.165) is 24.9 Å². The average Bonchev–Trinajstić information content (AvgIpc) is 3.22. The summed E-state index contributed by atoms with van der Waals surface area (Å²) in [5.74, 6) is -0.0359. The molecule has 1 aliphatic carbocycles. The van der Waals surface area contributed by atoms with E-state index in [1.165, 1.54) is 37.0 Å². The number of carbonyl (C=O) groups is 2. The van der Waals surface area contributed by atoms with Gasteiger partial charge in [0.2, 0.25) is 0 Å². The number of rotatable bonds is 4. The fourth-order valence-corrected chi connectivity index (χ4v) is 5.32. The molecule has 2 aromatic rings. The summed E-state index contributed by atoms with van der Waals surface area (Å²) in [4.78, 5) is 31.3. The van der Waals surface area contributed by atoms with Crippen molar-refractivity contribution in [3.8, 4) is 10.6 Å². The SMILES string of the molecule is O=C(OCC(=O)N1CCC[C@H]2CCCC[C@@H]21)c1csc(-c2cccc(Cl)c2)n1. The number of halogens is 1. The molecule has 1 saturated heterocycles. The Morgan fingerprint density at radius 1 is 1.21 bits per heavy atom. The van der Waals surface area contributed by atoms with Crippen LogP contribution in [0.3, 0.4) is 0 Å². The van der Waals surface area contributed by atoms with E-state index in [0.29, 0.717) is 22.0 Å². The predicted octanol–water partition coefficient (Wildman–Crippen LogP) is 4.80. The second-order valence-corrected chi connectivity index (χ2v) is 8.76. The van der Waals surface area contributed by atoms with E-state index < -0.39 is 5.97 Å². The van der Waals surface area contributed by atoms with Gasteiger partial charge in [-0.05, 0) is 43.7 Å². The molecule has 0 N–H and O–H groups in total. The molecule has 2 fully saturated rings. The lowest BCUT2D eigenvalue weighted by Gasteiger charge is -2.44. The molecule has 0 radical (unpaired) electrons. The van der Waals surface area contributed by atoms with Gasteiger partial charge in [0.15, 0.2) is 12.3 Å². The van der Waals surface area contributed by atoms with Gasteiger partial charge < -0.3 is 9.64 Å². The number of esters is 1. The largest absolute Gasteiger partial charge is 0.451 e. The molecule has 1 aromatic carbocycles. The molecule has 1 aromatic heterocycles. The van der Waals surface area contributed by atoms with E-state index in [1.807, 2.05) is 17.0 Å². The van der Waals surface area contributed by atoms with E-state index in [-0.39, 0.29) is 18.2 Å². The van der Waals surface area contributed by atoms with E-state index in [1.54, 1.807) is 17.5 Å². The van der Waals surface area contributed by atoms with Crippen LogP contribution in [0.15, 0.2) is 29.6 Å². The molecular formula is C21H23ClN2O3S. The van der Waals surface area contributed by atoms with Crippen LogP contribution in [0, 0.1) is 5.92 Å². The van der Waals surface area contributed by atoms with E-state index >= 15 is 0 Å². The lowest BCUT2D eigenvalue weighted by molar-refractivity contribution is -0.140. The molecule has 7 heteroatoms. The van der Waals surface area contributed by atoms with E-state index in [4.69, 9.17) is 16.3 Å². The first-order valence-corrected chi connectivity index (χ1v) is 11.1. The van der Waals surface area contributed by atoms with Gasteiger partial charge in [-0.2, -0.15) is 0 Å². The predicted molar refractivity (Wildman–Crippen MR) is 110 cm³/mol. The van der Waals surface area contributed by atoms with Crippen LogP contribution in [0.2, 0.25) is 5.02 Å². The highest BCUT2D eigenvalue weighted by Crippen LogP contribution is 2.35. The summed E-state index contributed by atoms with van der Waals surface area (Å²) in [6, 6.07) is 7.64. The Morgan fingerprint density at radius 3 is 2.89 bits per heavy atom. The van der Waals surface area contributed by atoms with Crippen molar-refractivity contribution in [2.75, 3.05) is 13.2 Å². The number of amides is 1. The summed E-state index contributed by atoms with van der Waals surface area (Å²) in [6.45, 7) is 0.555. The maximum absolute atomic E-state index is 12.7. The summed E-state index contributed by atoms with van der Waals surface area (Å²) in [6.07, 6.45) is 6.96. The average molecular weight is 419 g/mol. The Morgan fingerprint density at radius 2 is 2.04 bits per heavy atom. The first kappa shape index (κ1) is 19.4. The van der Waals surface area contributed by atoms with Gasteiger partial charge in [0.05, 0.1) is 0 Å². The van der Waals surface area contributed by atoms with Gasteiger partial charge in [0.1, 0.15) is 5.01 Å². The zero-order valence-corrected chi connectivity index (χ0v) is 17.2. The molecule has 1 aliphatic heterocycles. The Labute approximate surface area is 173 Å². The fraction of sp³-hybridized carbons (Fsp3) is 0.476. The number of piperidine rings is 1. The van der Waals surface area contributed by atoms with Gasteiger partial charge in [-0.15, -0.1) is 11.3 Å². The standard InChI is InChI=1S/C21H23ClN2O3S/c22-16-8-3-6-15(11-16)20-23-17(13-28-20)21(26)27-12-19(25)24-10-4-7-14-5-1-2-9-18(14)24/h3,6,8,11,13-14,18H,1-2,4-5,7,9-10,12H2/t14-,18+/m1/s1. The zero-order valence-electron chi connectivity index (χ0n) is 15.6. The first-order chi connectivity index (χ1) is 13.6. The maximum atomic E-state index is 12.7. The lowest BCUT2D eigenvalue weighted by atomic mass is 9.78. The molecule has 148 valence electrons. The van der Waals surface area contributed by atoms with Gasteiger partial charge in [0.25, 0.3) is 5.91 Å². The smallest absolute Gasteiger partial charge is 0.358 e. The minimum absolute atomic E-state index is 0.0877. The van der Waals surface area contributed by atoms with Crippen molar-refractivity contribution >= 4 is 34.8 Å². The molecule has 0 unspecified atom stereocenters. The second kappa shape index (κ2) is 8.62. The Bertz CT molecular complexity index is 867.